The van der Waals surface area contributed by atoms with Gasteiger partial charge in [0.15, 0.2) is 19.7 Å². The second kappa shape index (κ2) is 6.47. The maximum Gasteiger partial charge on any atom is 0.155 e. The Morgan fingerprint density at radius 1 is 1.05 bits per heavy atom. The van der Waals surface area contributed by atoms with Crippen LogP contribution in [0.3, 0.4) is 0 Å². The van der Waals surface area contributed by atoms with Crippen molar-refractivity contribution in [2.45, 2.75) is 43.8 Å². The van der Waals surface area contributed by atoms with Crippen molar-refractivity contribution in [1.29, 1.82) is 0 Å². The minimum atomic E-state index is -3.28. The molecule has 1 aliphatic carbocycles. The number of sulfone groups is 2. The lowest BCUT2D eigenvalue weighted by Crippen LogP contribution is -2.40. The average Bonchev–Trinajstić information content (AvgIpc) is 2.40. The van der Waals surface area contributed by atoms with Gasteiger partial charge in [0, 0.05) is 0 Å². The first-order valence-corrected chi connectivity index (χ1v) is 10.6. The van der Waals surface area contributed by atoms with Crippen molar-refractivity contribution in [2.24, 2.45) is 0 Å². The first kappa shape index (κ1) is 15.8. The van der Waals surface area contributed by atoms with Crippen molar-refractivity contribution in [1.82, 2.24) is 0 Å². The third kappa shape index (κ3) is 4.48. The van der Waals surface area contributed by atoms with Crippen molar-refractivity contribution in [3.05, 3.63) is 11.8 Å². The van der Waals surface area contributed by atoms with Gasteiger partial charge in [-0.15, -0.1) is 0 Å². The SMILES string of the molecule is O=S1(=O)CCS(=O)(=O)C(CCOC=C2CCCCC2)C1. The summed E-state index contributed by atoms with van der Waals surface area (Å²) in [6, 6.07) is 0. The zero-order chi connectivity index (χ0) is 14.6. The molecule has 1 saturated carbocycles. The highest BCUT2D eigenvalue weighted by Crippen LogP contribution is 2.23. The molecule has 0 aromatic carbocycles. The largest absolute Gasteiger partial charge is 0.501 e. The van der Waals surface area contributed by atoms with Crippen molar-refractivity contribution in [2.75, 3.05) is 23.9 Å². The van der Waals surface area contributed by atoms with Crippen LogP contribution in [-0.2, 0) is 24.4 Å². The molecule has 0 aromatic heterocycles. The van der Waals surface area contributed by atoms with Gasteiger partial charge in [-0.25, -0.2) is 16.8 Å². The topological polar surface area (TPSA) is 77.5 Å². The summed E-state index contributed by atoms with van der Waals surface area (Å²) in [6.45, 7) is 0.267. The predicted molar refractivity (Wildman–Crippen MR) is 78.0 cm³/mol. The number of hydrogen-bond acceptors (Lipinski definition) is 5. The van der Waals surface area contributed by atoms with E-state index < -0.39 is 24.9 Å². The van der Waals surface area contributed by atoms with Crippen LogP contribution in [0.5, 0.6) is 0 Å². The number of rotatable bonds is 4. The molecular formula is C13H22O5S2. The van der Waals surface area contributed by atoms with E-state index in [1.54, 1.807) is 6.26 Å². The van der Waals surface area contributed by atoms with Gasteiger partial charge in [-0.1, -0.05) is 6.42 Å². The quantitative estimate of drug-likeness (QED) is 0.578. The van der Waals surface area contributed by atoms with E-state index in [9.17, 15) is 16.8 Å². The molecule has 116 valence electrons. The van der Waals surface area contributed by atoms with Gasteiger partial charge in [-0.2, -0.15) is 0 Å². The summed E-state index contributed by atoms with van der Waals surface area (Å²) < 4.78 is 52.1. The maximum absolute atomic E-state index is 11.8. The predicted octanol–water partition coefficient (Wildman–Crippen LogP) is 1.45. The summed E-state index contributed by atoms with van der Waals surface area (Å²) in [4.78, 5) is 0. The molecule has 0 aromatic rings. The van der Waals surface area contributed by atoms with Gasteiger partial charge in [0.05, 0.1) is 35.4 Å². The zero-order valence-electron chi connectivity index (χ0n) is 11.6. The van der Waals surface area contributed by atoms with Crippen LogP contribution in [0, 0.1) is 0 Å². The smallest absolute Gasteiger partial charge is 0.155 e. The van der Waals surface area contributed by atoms with Crippen LogP contribution in [0.15, 0.2) is 11.8 Å². The Kier molecular flexibility index (Phi) is 5.12. The molecule has 1 unspecified atom stereocenters. The Labute approximate surface area is 121 Å². The van der Waals surface area contributed by atoms with Crippen molar-refractivity contribution < 1.29 is 21.6 Å². The molecule has 2 aliphatic rings. The van der Waals surface area contributed by atoms with Gasteiger partial charge in [0.25, 0.3) is 0 Å². The minimum absolute atomic E-state index is 0.239. The summed E-state index contributed by atoms with van der Waals surface area (Å²) in [5.74, 6) is -0.743. The van der Waals surface area contributed by atoms with Crippen molar-refractivity contribution in [3.63, 3.8) is 0 Å². The first-order chi connectivity index (χ1) is 9.39. The fourth-order valence-corrected chi connectivity index (χ4v) is 7.73. The van der Waals surface area contributed by atoms with Crippen LogP contribution >= 0.6 is 0 Å². The molecule has 5 nitrogen and oxygen atoms in total. The summed E-state index contributed by atoms with van der Waals surface area (Å²) in [7, 11) is -6.49. The lowest BCUT2D eigenvalue weighted by atomic mass is 9.96. The molecule has 2 fully saturated rings. The monoisotopic (exact) mass is 322 g/mol. The van der Waals surface area contributed by atoms with E-state index in [2.05, 4.69) is 0 Å². The lowest BCUT2D eigenvalue weighted by Gasteiger charge is -2.22. The molecule has 1 heterocycles. The van der Waals surface area contributed by atoms with Gasteiger partial charge in [-0.3, -0.25) is 0 Å². The summed E-state index contributed by atoms with van der Waals surface area (Å²) in [5.41, 5.74) is 1.27. The minimum Gasteiger partial charge on any atom is -0.501 e. The van der Waals surface area contributed by atoms with Gasteiger partial charge < -0.3 is 4.74 Å². The maximum atomic E-state index is 11.8. The second-order valence-electron chi connectivity index (χ2n) is 5.60. The fourth-order valence-electron chi connectivity index (χ4n) is 2.64. The van der Waals surface area contributed by atoms with Crippen LogP contribution in [0.4, 0.5) is 0 Å². The van der Waals surface area contributed by atoms with Crippen LogP contribution in [0.2, 0.25) is 0 Å². The van der Waals surface area contributed by atoms with Gasteiger partial charge >= 0.3 is 0 Å². The Morgan fingerprint density at radius 2 is 1.75 bits per heavy atom. The normalized spacial score (nSPS) is 28.8. The molecule has 1 atom stereocenters. The highest BCUT2D eigenvalue weighted by molar-refractivity contribution is 7.98. The molecule has 0 spiro atoms. The fraction of sp³-hybridized carbons (Fsp3) is 0.846. The van der Waals surface area contributed by atoms with Crippen LogP contribution in [0.1, 0.15) is 38.5 Å². The van der Waals surface area contributed by atoms with Crippen LogP contribution in [0.25, 0.3) is 0 Å². The molecule has 2 rings (SSSR count). The average molecular weight is 322 g/mol. The summed E-state index contributed by atoms with van der Waals surface area (Å²) in [5, 5.41) is -0.800. The molecule has 0 radical (unpaired) electrons. The number of allylic oxidation sites excluding steroid dienone is 1. The van der Waals surface area contributed by atoms with E-state index in [0.29, 0.717) is 0 Å². The molecule has 0 amide bonds. The van der Waals surface area contributed by atoms with Crippen LogP contribution in [-0.4, -0.2) is 46.0 Å². The van der Waals surface area contributed by atoms with Gasteiger partial charge in [0.2, 0.25) is 0 Å². The molecular weight excluding hydrogens is 300 g/mol. The Bertz CT molecular complexity index is 552. The van der Waals surface area contributed by atoms with Crippen LogP contribution < -0.4 is 0 Å². The molecule has 0 N–H and O–H groups in total. The second-order valence-corrected chi connectivity index (χ2v) is 10.2. The molecule has 1 saturated heterocycles. The lowest BCUT2D eigenvalue weighted by molar-refractivity contribution is 0.238. The zero-order valence-corrected chi connectivity index (χ0v) is 13.2. The van der Waals surface area contributed by atoms with E-state index in [0.717, 1.165) is 12.8 Å². The summed E-state index contributed by atoms with van der Waals surface area (Å²) in [6.07, 6.45) is 7.73. The van der Waals surface area contributed by atoms with Gasteiger partial charge in [-0.05, 0) is 37.7 Å². The highest BCUT2D eigenvalue weighted by atomic mass is 32.2. The number of ether oxygens (including phenoxy) is 1. The highest BCUT2D eigenvalue weighted by Gasteiger charge is 2.36. The number of hydrogen-bond donors (Lipinski definition) is 0. The molecule has 7 heteroatoms. The summed E-state index contributed by atoms with van der Waals surface area (Å²) >= 11 is 0. The first-order valence-electron chi connectivity index (χ1n) is 7.11. The van der Waals surface area contributed by atoms with E-state index in [1.165, 1.54) is 24.8 Å². The molecule has 1 aliphatic heterocycles. The Morgan fingerprint density at radius 3 is 2.45 bits per heavy atom. The Hall–Kier alpha value is -0.560. The van der Waals surface area contributed by atoms with Crippen molar-refractivity contribution in [3.8, 4) is 0 Å². The van der Waals surface area contributed by atoms with Gasteiger partial charge in [0.1, 0.15) is 0 Å². The molecule has 0 bridgehead atoms. The van der Waals surface area contributed by atoms with E-state index in [4.69, 9.17) is 4.74 Å². The third-order valence-corrected chi connectivity index (χ3v) is 8.33. The third-order valence-electron chi connectivity index (χ3n) is 3.93. The van der Waals surface area contributed by atoms with E-state index in [1.807, 2.05) is 0 Å². The van der Waals surface area contributed by atoms with E-state index in [-0.39, 0.29) is 30.3 Å². The standard InChI is InChI=1S/C13H22O5S2/c14-19(15)8-9-20(16,17)13(11-19)6-7-18-10-12-4-2-1-3-5-12/h10,13H,1-9,11H2. The van der Waals surface area contributed by atoms with E-state index >= 15 is 0 Å². The van der Waals surface area contributed by atoms with Crippen molar-refractivity contribution >= 4 is 19.7 Å². The Balaban J connectivity index is 1.83. The molecule has 20 heavy (non-hydrogen) atoms.